The van der Waals surface area contributed by atoms with Crippen molar-refractivity contribution in [2.45, 2.75) is 5.51 Å². The molecule has 0 aromatic heterocycles. The normalized spacial score (nSPS) is 12.4. The van der Waals surface area contributed by atoms with E-state index in [2.05, 4.69) is 0 Å². The third kappa shape index (κ3) is 5.73. The minimum absolute atomic E-state index is 0.0860. The van der Waals surface area contributed by atoms with Crippen molar-refractivity contribution in [1.29, 1.82) is 0 Å². The predicted octanol–water partition coefficient (Wildman–Crippen LogP) is 1.91. The Kier molecular flexibility index (Phi) is 6.24. The molecule has 0 atom stereocenters. The molecule has 0 spiro atoms. The summed E-state index contributed by atoms with van der Waals surface area (Å²) in [4.78, 5) is 10.5. The van der Waals surface area contributed by atoms with Crippen molar-refractivity contribution < 1.29 is 44.8 Å². The summed E-state index contributed by atoms with van der Waals surface area (Å²) in [5.41, 5.74) is -6.19. The number of rotatable bonds is 2. The third-order valence-electron chi connectivity index (χ3n) is 2.30. The molecule has 0 radical (unpaired) electrons. The molecule has 0 fully saturated rings. The number of nitrogens with zero attached hydrogens (tertiary/aromatic N) is 1. The maximum Gasteiger partial charge on any atom is 0.485 e. The highest BCUT2D eigenvalue weighted by Crippen LogP contribution is 2.25. The van der Waals surface area contributed by atoms with Crippen molar-refractivity contribution in [3.8, 4) is 0 Å². The van der Waals surface area contributed by atoms with Crippen LogP contribution in [0.1, 0.15) is 10.4 Å². The molecule has 0 aliphatic heterocycles. The summed E-state index contributed by atoms with van der Waals surface area (Å²) in [6, 6.07) is 2.35. The number of quaternary nitrogens is 1. The summed E-state index contributed by atoms with van der Waals surface area (Å²) in [6.07, 6.45) is 0. The molecule has 0 saturated heterocycles. The zero-order valence-corrected chi connectivity index (χ0v) is 12.8. The fourth-order valence-corrected chi connectivity index (χ4v) is 1.22. The van der Waals surface area contributed by atoms with Gasteiger partial charge in [0, 0.05) is 6.07 Å². The van der Waals surface area contributed by atoms with Gasteiger partial charge in [-0.1, -0.05) is 0 Å². The highest BCUT2D eigenvalue weighted by Gasteiger charge is 2.36. The summed E-state index contributed by atoms with van der Waals surface area (Å²) < 4.78 is 85.7. The Balaban J connectivity index is 0.000000515. The number of benzene rings is 1. The largest absolute Gasteiger partial charge is 0.741 e. The summed E-state index contributed by atoms with van der Waals surface area (Å²) >= 11 is 0. The number of hydrogen-bond donors (Lipinski definition) is 1. The second kappa shape index (κ2) is 6.76. The van der Waals surface area contributed by atoms with Crippen LogP contribution < -0.4 is 4.48 Å². The number of aromatic carboxylic acids is 1. The van der Waals surface area contributed by atoms with E-state index in [1.807, 2.05) is 0 Å². The van der Waals surface area contributed by atoms with E-state index in [1.54, 1.807) is 21.1 Å². The molecule has 1 aromatic carbocycles. The topological polar surface area (TPSA) is 94.5 Å². The molecule has 0 amide bonds. The minimum atomic E-state index is -6.09. The fraction of sp³-hybridized carbons (Fsp3) is 0.364. The summed E-state index contributed by atoms with van der Waals surface area (Å²) in [5.74, 6) is -3.89. The van der Waals surface area contributed by atoms with E-state index in [4.69, 9.17) is 18.1 Å². The molecule has 1 N–H and O–H groups in total. The number of carboxylic acid groups (broad SMARTS) is 1. The molecule has 6 nitrogen and oxygen atoms in total. The molecule has 0 unspecified atom stereocenters. The van der Waals surface area contributed by atoms with Gasteiger partial charge in [-0.3, -0.25) is 4.48 Å². The van der Waals surface area contributed by atoms with Crippen molar-refractivity contribution in [2.75, 3.05) is 21.1 Å². The second-order valence-corrected chi connectivity index (χ2v) is 6.35. The van der Waals surface area contributed by atoms with E-state index in [-0.39, 0.29) is 10.2 Å². The molecule has 0 aliphatic carbocycles. The first kappa shape index (κ1) is 21.2. The predicted molar refractivity (Wildman–Crippen MR) is 68.6 cm³/mol. The van der Waals surface area contributed by atoms with Crippen molar-refractivity contribution in [2.24, 2.45) is 0 Å². The van der Waals surface area contributed by atoms with Crippen LogP contribution in [0.15, 0.2) is 12.1 Å². The van der Waals surface area contributed by atoms with Crippen LogP contribution in [0.3, 0.4) is 0 Å². The van der Waals surface area contributed by atoms with E-state index in [0.29, 0.717) is 0 Å². The quantitative estimate of drug-likeness (QED) is 0.374. The lowest BCUT2D eigenvalue weighted by Crippen LogP contribution is -2.36. The molecule has 0 saturated carbocycles. The van der Waals surface area contributed by atoms with Crippen LogP contribution in [0, 0.1) is 11.6 Å². The Morgan fingerprint density at radius 3 is 1.78 bits per heavy atom. The van der Waals surface area contributed by atoms with E-state index in [0.717, 1.165) is 6.07 Å². The van der Waals surface area contributed by atoms with Gasteiger partial charge in [-0.15, -0.1) is 0 Å². The Hall–Kier alpha value is -1.79. The van der Waals surface area contributed by atoms with Crippen molar-refractivity contribution in [3.05, 3.63) is 29.3 Å². The van der Waals surface area contributed by atoms with Crippen molar-refractivity contribution in [1.82, 2.24) is 4.48 Å². The fourth-order valence-electron chi connectivity index (χ4n) is 1.22. The Morgan fingerprint density at radius 2 is 1.52 bits per heavy atom. The van der Waals surface area contributed by atoms with Crippen molar-refractivity contribution >= 4 is 21.8 Å². The van der Waals surface area contributed by atoms with Crippen LogP contribution >= 0.6 is 0 Å². The zero-order valence-electron chi connectivity index (χ0n) is 12.0. The lowest BCUT2D eigenvalue weighted by Gasteiger charge is -2.24. The van der Waals surface area contributed by atoms with E-state index in [1.165, 1.54) is 6.07 Å². The maximum atomic E-state index is 13.5. The Labute approximate surface area is 128 Å². The number of halogens is 5. The minimum Gasteiger partial charge on any atom is -0.741 e. The van der Waals surface area contributed by atoms with Crippen molar-refractivity contribution in [3.63, 3.8) is 0 Å². The number of carboxylic acids is 1. The van der Waals surface area contributed by atoms with Crippen LogP contribution in [0.25, 0.3) is 0 Å². The Bertz CT molecular complexity index is 694. The maximum absolute atomic E-state index is 13.5. The monoisotopic (exact) mass is 365 g/mol. The number of hydrogen-bond acceptors (Lipinski definition) is 4. The molecule has 23 heavy (non-hydrogen) atoms. The number of carbonyl (C=O) groups is 1. The molecule has 0 bridgehead atoms. The van der Waals surface area contributed by atoms with Crippen LogP contribution in [-0.4, -0.2) is 50.7 Å². The summed E-state index contributed by atoms with van der Waals surface area (Å²) in [5, 5.41) is 8.57. The zero-order chi connectivity index (χ0) is 18.8. The van der Waals surface area contributed by atoms with E-state index < -0.39 is 38.8 Å². The molecule has 132 valence electrons. The van der Waals surface area contributed by atoms with Gasteiger partial charge < -0.3 is 9.66 Å². The second-order valence-electron chi connectivity index (χ2n) is 4.98. The first-order chi connectivity index (χ1) is 10.00. The van der Waals surface area contributed by atoms with Gasteiger partial charge in [0.25, 0.3) is 0 Å². The smallest absolute Gasteiger partial charge is 0.485 e. The lowest BCUT2D eigenvalue weighted by atomic mass is 10.1. The van der Waals surface area contributed by atoms with Crippen LogP contribution in [0.2, 0.25) is 0 Å². The SMILES string of the molecule is C[N+](C)(C)c1ccc(C(=O)O)c(F)c1F.O=S(=O)([O-])C(F)(F)F. The van der Waals surface area contributed by atoms with Gasteiger partial charge in [0.05, 0.1) is 26.7 Å². The first-order valence-electron chi connectivity index (χ1n) is 5.55. The molecule has 1 aromatic rings. The first-order valence-corrected chi connectivity index (χ1v) is 6.96. The average Bonchev–Trinajstić information content (AvgIpc) is 2.28. The third-order valence-corrected chi connectivity index (χ3v) is 2.87. The van der Waals surface area contributed by atoms with Gasteiger partial charge in [-0.25, -0.2) is 17.6 Å². The van der Waals surface area contributed by atoms with E-state index in [9.17, 15) is 26.7 Å². The molecular formula is C11H12F5NO5S. The van der Waals surface area contributed by atoms with Gasteiger partial charge in [-0.05, 0) is 6.07 Å². The van der Waals surface area contributed by atoms with E-state index >= 15 is 0 Å². The Morgan fingerprint density at radius 1 is 1.13 bits per heavy atom. The summed E-state index contributed by atoms with van der Waals surface area (Å²) in [7, 11) is -1.10. The van der Waals surface area contributed by atoms with Gasteiger partial charge >= 0.3 is 11.5 Å². The molecule has 1 rings (SSSR count). The summed E-state index contributed by atoms with van der Waals surface area (Å²) in [6.45, 7) is 0. The molecule has 0 aliphatic rings. The highest BCUT2D eigenvalue weighted by atomic mass is 32.2. The number of alkyl halides is 3. The van der Waals surface area contributed by atoms with Gasteiger partial charge in [0.1, 0.15) is 0 Å². The van der Waals surface area contributed by atoms with Gasteiger partial charge in [0.2, 0.25) is 5.82 Å². The van der Waals surface area contributed by atoms with Gasteiger partial charge in [0.15, 0.2) is 21.6 Å². The van der Waals surface area contributed by atoms with Crippen LogP contribution in [-0.2, 0) is 10.1 Å². The van der Waals surface area contributed by atoms with Gasteiger partial charge in [-0.2, -0.15) is 17.6 Å². The average molecular weight is 365 g/mol. The molecule has 12 heteroatoms. The molecular weight excluding hydrogens is 353 g/mol. The standard InChI is InChI=1S/C10H11F2NO2.CHF3O3S/c1-13(2,3)7-5-4-6(10(14)15)8(11)9(7)12;2-1(3,4)8(5,6)7/h4-5H,1-3H3;(H,5,6,7). The molecule has 0 heterocycles. The lowest BCUT2D eigenvalue weighted by molar-refractivity contribution is -0.0517. The van der Waals surface area contributed by atoms with Crippen LogP contribution in [0.4, 0.5) is 27.6 Å². The highest BCUT2D eigenvalue weighted by molar-refractivity contribution is 7.86. The van der Waals surface area contributed by atoms with Crippen LogP contribution in [0.5, 0.6) is 0 Å².